The summed E-state index contributed by atoms with van der Waals surface area (Å²) in [6.45, 7) is 0.877. The molecule has 10 heteroatoms. The first-order valence-corrected chi connectivity index (χ1v) is 9.22. The predicted octanol–water partition coefficient (Wildman–Crippen LogP) is -0.634. The van der Waals surface area contributed by atoms with Crippen LogP contribution in [0.4, 0.5) is 5.82 Å². The van der Waals surface area contributed by atoms with Crippen LogP contribution in [0.3, 0.4) is 0 Å². The maximum Gasteiger partial charge on any atom is 0.332 e. The highest BCUT2D eigenvalue weighted by molar-refractivity contribution is 6.01. The maximum atomic E-state index is 12.7. The summed E-state index contributed by atoms with van der Waals surface area (Å²) >= 11 is 0. The van der Waals surface area contributed by atoms with E-state index in [1.807, 2.05) is 24.3 Å². The number of nitrogens with two attached hydrogens (primary N) is 1. The molecule has 158 valence electrons. The number of carbonyl (C=O) groups excluding carboxylic acids is 3. The van der Waals surface area contributed by atoms with E-state index in [9.17, 15) is 24.0 Å². The van der Waals surface area contributed by atoms with E-state index >= 15 is 0 Å². The highest BCUT2D eigenvalue weighted by Crippen LogP contribution is 2.24. The molecule has 0 spiro atoms. The first-order valence-electron chi connectivity index (χ1n) is 9.22. The number of ketones is 1. The number of benzene rings is 1. The molecule has 10 nitrogen and oxygen atoms in total. The van der Waals surface area contributed by atoms with E-state index in [2.05, 4.69) is 0 Å². The van der Waals surface area contributed by atoms with Crippen LogP contribution in [-0.2, 0) is 41.4 Å². The molecule has 0 fully saturated rings. The van der Waals surface area contributed by atoms with Crippen molar-refractivity contribution in [3.05, 3.63) is 61.8 Å². The topological polar surface area (TPSA) is 134 Å². The van der Waals surface area contributed by atoms with Crippen LogP contribution in [0.5, 0.6) is 0 Å². The van der Waals surface area contributed by atoms with Crippen LogP contribution < -0.4 is 17.0 Å². The van der Waals surface area contributed by atoms with Crippen LogP contribution in [-0.4, -0.2) is 44.3 Å². The number of carbonyl (C=O) groups is 3. The van der Waals surface area contributed by atoms with Crippen LogP contribution in [0, 0.1) is 0 Å². The fraction of sp³-hybridized carbons (Fsp3) is 0.350. The van der Waals surface area contributed by atoms with Crippen molar-refractivity contribution in [3.63, 3.8) is 0 Å². The molecule has 2 N–H and O–H groups in total. The van der Waals surface area contributed by atoms with Crippen molar-refractivity contribution in [2.24, 2.45) is 14.1 Å². The molecule has 0 saturated heterocycles. The van der Waals surface area contributed by atoms with Crippen molar-refractivity contribution in [2.45, 2.75) is 25.9 Å². The second-order valence-corrected chi connectivity index (χ2v) is 7.13. The summed E-state index contributed by atoms with van der Waals surface area (Å²) in [5, 5.41) is 0. The Morgan fingerprint density at radius 1 is 1.10 bits per heavy atom. The number of fused-ring (bicyclic) bond motifs is 1. The molecule has 30 heavy (non-hydrogen) atoms. The molecule has 2 heterocycles. The van der Waals surface area contributed by atoms with Gasteiger partial charge in [-0.15, -0.1) is 0 Å². The Labute approximate surface area is 171 Å². The van der Waals surface area contributed by atoms with E-state index in [1.165, 1.54) is 25.9 Å². The second kappa shape index (κ2) is 7.97. The summed E-state index contributed by atoms with van der Waals surface area (Å²) in [6.07, 6.45) is 0.256. The number of nitrogens with zero attached hydrogens (tertiary/aromatic N) is 3. The van der Waals surface area contributed by atoms with E-state index < -0.39 is 41.2 Å². The number of rotatable bonds is 4. The molecule has 0 bridgehead atoms. The average molecular weight is 414 g/mol. The number of Topliss-reactive ketones (excluding diaryl/α,β-unsaturated/α-hetero) is 1. The zero-order valence-electron chi connectivity index (χ0n) is 16.9. The molecule has 1 aromatic heterocycles. The molecular formula is C20H22N4O6. The van der Waals surface area contributed by atoms with Crippen LogP contribution in [0.2, 0.25) is 0 Å². The first kappa shape index (κ1) is 21.0. The van der Waals surface area contributed by atoms with E-state index in [-0.39, 0.29) is 24.7 Å². The fourth-order valence-corrected chi connectivity index (χ4v) is 3.49. The lowest BCUT2D eigenvalue weighted by molar-refractivity contribution is -0.154. The SMILES string of the molecule is CC(=O)N1Cc2ccccc2CC1C(=O)OCC(=O)c1c(N)n(C)c(=O)n(C)c1=O. The van der Waals surface area contributed by atoms with E-state index in [4.69, 9.17) is 10.5 Å². The third kappa shape index (κ3) is 3.63. The third-order valence-corrected chi connectivity index (χ3v) is 5.26. The standard InChI is InChI=1S/C20H22N4O6/c1-11(25)24-9-13-7-5-4-6-12(13)8-14(24)19(28)30-10-15(26)16-17(21)22(2)20(29)23(3)18(16)27/h4-7,14H,8-10,21H2,1-3H3. The van der Waals surface area contributed by atoms with Crippen LogP contribution in [0.25, 0.3) is 0 Å². The van der Waals surface area contributed by atoms with E-state index in [0.717, 1.165) is 20.3 Å². The summed E-state index contributed by atoms with van der Waals surface area (Å²) in [5.41, 5.74) is 5.64. The number of amides is 1. The summed E-state index contributed by atoms with van der Waals surface area (Å²) in [5.74, 6) is -2.19. The summed E-state index contributed by atoms with van der Waals surface area (Å²) < 4.78 is 6.85. The number of anilines is 1. The molecular weight excluding hydrogens is 392 g/mol. The van der Waals surface area contributed by atoms with Gasteiger partial charge >= 0.3 is 11.7 Å². The van der Waals surface area contributed by atoms with Crippen LogP contribution >= 0.6 is 0 Å². The Balaban J connectivity index is 1.80. The number of aromatic nitrogens is 2. The lowest BCUT2D eigenvalue weighted by atomic mass is 9.94. The molecule has 1 atom stereocenters. The molecule has 2 aromatic rings. The van der Waals surface area contributed by atoms with E-state index in [1.54, 1.807) is 0 Å². The molecule has 0 radical (unpaired) electrons. The highest BCUT2D eigenvalue weighted by Gasteiger charge is 2.34. The quantitative estimate of drug-likeness (QED) is 0.520. The molecule has 1 aliphatic heterocycles. The lowest BCUT2D eigenvalue weighted by Crippen LogP contribution is -2.49. The molecule has 1 aromatic carbocycles. The maximum absolute atomic E-state index is 12.7. The van der Waals surface area contributed by atoms with Crippen LogP contribution in [0.1, 0.15) is 28.4 Å². The first-order chi connectivity index (χ1) is 14.1. The summed E-state index contributed by atoms with van der Waals surface area (Å²) in [7, 11) is 2.54. The molecule has 1 unspecified atom stereocenters. The minimum Gasteiger partial charge on any atom is -0.456 e. The van der Waals surface area contributed by atoms with Gasteiger partial charge in [0.2, 0.25) is 11.7 Å². The summed E-state index contributed by atoms with van der Waals surface area (Å²) in [4.78, 5) is 62.8. The Morgan fingerprint density at radius 2 is 1.73 bits per heavy atom. The number of ether oxygens (including phenoxy) is 1. The number of hydrogen-bond acceptors (Lipinski definition) is 7. The molecule has 1 aliphatic rings. The molecule has 0 aliphatic carbocycles. The van der Waals surface area contributed by atoms with Gasteiger partial charge in [-0.3, -0.25) is 23.5 Å². The Hall–Kier alpha value is -3.69. The summed E-state index contributed by atoms with van der Waals surface area (Å²) in [6, 6.07) is 6.56. The largest absolute Gasteiger partial charge is 0.456 e. The van der Waals surface area contributed by atoms with Gasteiger partial charge < -0.3 is 15.4 Å². The lowest BCUT2D eigenvalue weighted by Gasteiger charge is -2.34. The third-order valence-electron chi connectivity index (χ3n) is 5.26. The van der Waals surface area contributed by atoms with Gasteiger partial charge in [0.15, 0.2) is 6.61 Å². The van der Waals surface area contributed by atoms with Gasteiger partial charge in [0.1, 0.15) is 17.4 Å². The highest BCUT2D eigenvalue weighted by atomic mass is 16.5. The van der Waals surface area contributed by atoms with Crippen molar-refractivity contribution in [1.29, 1.82) is 0 Å². The van der Waals surface area contributed by atoms with Crippen LogP contribution in [0.15, 0.2) is 33.9 Å². The Kier molecular flexibility index (Phi) is 5.59. The predicted molar refractivity (Wildman–Crippen MR) is 107 cm³/mol. The second-order valence-electron chi connectivity index (χ2n) is 7.13. The Bertz CT molecular complexity index is 1160. The van der Waals surface area contributed by atoms with Gasteiger partial charge in [-0.1, -0.05) is 24.3 Å². The van der Waals surface area contributed by atoms with Crippen molar-refractivity contribution in [3.8, 4) is 0 Å². The van der Waals surface area contributed by atoms with Crippen molar-refractivity contribution in [1.82, 2.24) is 14.0 Å². The smallest absolute Gasteiger partial charge is 0.332 e. The number of hydrogen-bond donors (Lipinski definition) is 1. The van der Waals surface area contributed by atoms with Gasteiger partial charge in [0.25, 0.3) is 5.56 Å². The zero-order chi connectivity index (χ0) is 22.2. The van der Waals surface area contributed by atoms with Crippen molar-refractivity contribution >= 4 is 23.5 Å². The van der Waals surface area contributed by atoms with Gasteiger partial charge in [-0.25, -0.2) is 9.59 Å². The normalized spacial score (nSPS) is 15.4. The number of esters is 1. The number of nitrogen functional groups attached to an aromatic ring is 1. The van der Waals surface area contributed by atoms with Crippen molar-refractivity contribution < 1.29 is 19.1 Å². The fourth-order valence-electron chi connectivity index (χ4n) is 3.49. The molecule has 0 saturated carbocycles. The zero-order valence-corrected chi connectivity index (χ0v) is 16.9. The average Bonchev–Trinajstić information content (AvgIpc) is 2.73. The van der Waals surface area contributed by atoms with Gasteiger partial charge in [-0.2, -0.15) is 0 Å². The van der Waals surface area contributed by atoms with Crippen molar-refractivity contribution in [2.75, 3.05) is 12.3 Å². The van der Waals surface area contributed by atoms with Gasteiger partial charge in [0, 0.05) is 34.0 Å². The Morgan fingerprint density at radius 3 is 2.37 bits per heavy atom. The van der Waals surface area contributed by atoms with Gasteiger partial charge in [-0.05, 0) is 11.1 Å². The molecule has 1 amide bonds. The van der Waals surface area contributed by atoms with Gasteiger partial charge in [0.05, 0.1) is 0 Å². The minimum absolute atomic E-state index is 0.256. The monoisotopic (exact) mass is 414 g/mol. The molecule has 3 rings (SSSR count). The van der Waals surface area contributed by atoms with E-state index in [0.29, 0.717) is 0 Å². The minimum atomic E-state index is -0.884.